The molecule has 0 radical (unpaired) electrons. The topological polar surface area (TPSA) is 243 Å². The van der Waals surface area contributed by atoms with Crippen LogP contribution in [-0.4, -0.2) is 196 Å². The van der Waals surface area contributed by atoms with Crippen molar-refractivity contribution < 1.29 is 59.2 Å². The van der Waals surface area contributed by atoms with E-state index in [-0.39, 0.29) is 82.5 Å². The normalized spacial score (nSPS) is 15.5. The minimum atomic E-state index is -1.71. The van der Waals surface area contributed by atoms with Crippen LogP contribution in [0.3, 0.4) is 0 Å². The summed E-state index contributed by atoms with van der Waals surface area (Å²) in [6, 6.07) is 6.38. The Morgan fingerprint density at radius 3 is 1.49 bits per heavy atom. The van der Waals surface area contributed by atoms with Crippen LogP contribution in [-0.2, 0) is 28.8 Å². The number of unbranched alkanes of at least 4 members (excludes halogenated alkanes) is 3. The van der Waals surface area contributed by atoms with Crippen LogP contribution in [0.1, 0.15) is 44.9 Å². The molecule has 1 aliphatic rings. The van der Waals surface area contributed by atoms with E-state index in [1.165, 1.54) is 12.1 Å². The molecule has 1 aromatic rings. The van der Waals surface area contributed by atoms with Gasteiger partial charge in [0.05, 0.1) is 26.2 Å². The van der Waals surface area contributed by atoms with Gasteiger partial charge in [0, 0.05) is 91.0 Å². The molecule has 0 aliphatic carbocycles. The van der Waals surface area contributed by atoms with E-state index in [2.05, 4.69) is 0 Å². The van der Waals surface area contributed by atoms with Crippen LogP contribution in [0.4, 0.5) is 5.69 Å². The second-order valence-electron chi connectivity index (χ2n) is 13.3. The average molecular weight is 751 g/mol. The monoisotopic (exact) mass is 750 g/mol. The summed E-state index contributed by atoms with van der Waals surface area (Å²) in [5.74, 6) is -4.41. The number of anilines is 1. The summed E-state index contributed by atoms with van der Waals surface area (Å²) in [5, 5.41) is 56.4. The van der Waals surface area contributed by atoms with E-state index in [1.54, 1.807) is 43.7 Å². The SMILES string of the molecule is CN(CCCCCN(C(=O)CCCCC(=O)O)c1cccc(B(O)O)c1)C(=O)CN1CCN(CC(=O)O)CCN(CC(=O)O)CCN(CC(=O)O)CC1. The summed E-state index contributed by atoms with van der Waals surface area (Å²) >= 11 is 0. The predicted molar refractivity (Wildman–Crippen MR) is 195 cm³/mol. The summed E-state index contributed by atoms with van der Waals surface area (Å²) in [7, 11) is -0.0248. The third-order valence-electron chi connectivity index (χ3n) is 8.98. The molecule has 0 saturated carbocycles. The first-order chi connectivity index (χ1) is 25.1. The van der Waals surface area contributed by atoms with Crippen LogP contribution in [0.15, 0.2) is 24.3 Å². The lowest BCUT2D eigenvalue weighted by Crippen LogP contribution is -2.50. The van der Waals surface area contributed by atoms with Gasteiger partial charge in [0.25, 0.3) is 0 Å². The molecule has 1 fully saturated rings. The maximum atomic E-state index is 13.3. The molecule has 0 spiro atoms. The lowest BCUT2D eigenvalue weighted by Gasteiger charge is -2.33. The van der Waals surface area contributed by atoms with Crippen LogP contribution in [0, 0.1) is 0 Å². The number of amides is 2. The average Bonchev–Trinajstić information content (AvgIpc) is 3.08. The highest BCUT2D eigenvalue weighted by Crippen LogP contribution is 2.17. The molecule has 2 rings (SSSR count). The van der Waals surface area contributed by atoms with E-state index in [4.69, 9.17) is 5.11 Å². The molecular formula is C34H55BN6O12. The molecule has 0 aromatic heterocycles. The van der Waals surface area contributed by atoms with Gasteiger partial charge in [-0.25, -0.2) is 0 Å². The summed E-state index contributed by atoms with van der Waals surface area (Å²) in [5.41, 5.74) is 0.730. The summed E-state index contributed by atoms with van der Waals surface area (Å²) in [6.07, 6.45) is 2.74. The number of likely N-dealkylation sites (N-methyl/N-ethyl adjacent to an activating group) is 1. The van der Waals surface area contributed by atoms with Gasteiger partial charge in [-0.2, -0.15) is 0 Å². The van der Waals surface area contributed by atoms with Crippen LogP contribution in [0.2, 0.25) is 0 Å². The van der Waals surface area contributed by atoms with Crippen molar-refractivity contribution in [3.05, 3.63) is 24.3 Å². The van der Waals surface area contributed by atoms with E-state index in [0.717, 1.165) is 0 Å². The number of hydrogen-bond donors (Lipinski definition) is 6. The van der Waals surface area contributed by atoms with Gasteiger partial charge in [-0.15, -0.1) is 0 Å². The molecule has 53 heavy (non-hydrogen) atoms. The standard InChI is InChI=1S/C34H55BN6O12/c1-36(12-5-2-6-13-41(29(42)10-3-4-11-31(44)45)28-9-7-8-27(22-28)35(52)53)30(43)23-37-14-16-38(24-32(46)47)18-20-40(26-34(50)51)21-19-39(17-15-37)25-33(48)49/h7-9,22,52-53H,2-6,10-21,23-26H2,1H3,(H,44,45)(H,46,47)(H,48,49)(H,50,51). The van der Waals surface area contributed by atoms with Crippen LogP contribution < -0.4 is 10.4 Å². The zero-order valence-corrected chi connectivity index (χ0v) is 30.6. The lowest BCUT2D eigenvalue weighted by molar-refractivity contribution is -0.140. The van der Waals surface area contributed by atoms with E-state index in [1.807, 2.05) is 4.90 Å². The predicted octanol–water partition coefficient (Wildman–Crippen LogP) is -1.55. The number of nitrogens with zero attached hydrogens (tertiary/aromatic N) is 6. The Kier molecular flexibility index (Phi) is 20.6. The number of rotatable bonds is 21. The minimum absolute atomic E-state index is 0.0284. The van der Waals surface area contributed by atoms with E-state index >= 15 is 0 Å². The molecule has 1 aliphatic heterocycles. The second kappa shape index (κ2) is 24.2. The molecule has 6 N–H and O–H groups in total. The van der Waals surface area contributed by atoms with Gasteiger partial charge in [-0.1, -0.05) is 12.1 Å². The number of benzene rings is 1. The van der Waals surface area contributed by atoms with Crippen molar-refractivity contribution in [3.63, 3.8) is 0 Å². The van der Waals surface area contributed by atoms with Crippen molar-refractivity contribution in [2.75, 3.05) is 104 Å². The molecule has 0 bridgehead atoms. The van der Waals surface area contributed by atoms with E-state index < -0.39 is 31.0 Å². The van der Waals surface area contributed by atoms with Crippen molar-refractivity contribution in [2.45, 2.75) is 44.9 Å². The molecule has 0 unspecified atom stereocenters. The Balaban J connectivity index is 2.00. The van der Waals surface area contributed by atoms with Gasteiger partial charge in [-0.05, 0) is 49.7 Å². The number of carbonyl (C=O) groups is 6. The molecule has 18 nitrogen and oxygen atoms in total. The number of carboxylic acids is 4. The number of aliphatic carboxylic acids is 4. The fraction of sp³-hybridized carbons (Fsp3) is 0.647. The van der Waals surface area contributed by atoms with Crippen molar-refractivity contribution in [3.8, 4) is 0 Å². The first-order valence-corrected chi connectivity index (χ1v) is 17.9. The summed E-state index contributed by atoms with van der Waals surface area (Å²) < 4.78 is 0. The first-order valence-electron chi connectivity index (χ1n) is 17.9. The lowest BCUT2D eigenvalue weighted by atomic mass is 9.80. The van der Waals surface area contributed by atoms with Crippen LogP contribution in [0.25, 0.3) is 0 Å². The van der Waals surface area contributed by atoms with Crippen molar-refractivity contribution in [1.29, 1.82) is 0 Å². The maximum Gasteiger partial charge on any atom is 0.488 e. The molecule has 1 aromatic carbocycles. The Morgan fingerprint density at radius 1 is 0.585 bits per heavy atom. The fourth-order valence-corrected chi connectivity index (χ4v) is 5.96. The second-order valence-corrected chi connectivity index (χ2v) is 13.3. The van der Waals surface area contributed by atoms with Gasteiger partial charge in [0.1, 0.15) is 0 Å². The molecule has 296 valence electrons. The van der Waals surface area contributed by atoms with Gasteiger partial charge in [0.15, 0.2) is 0 Å². The largest absolute Gasteiger partial charge is 0.488 e. The number of hydrogen-bond acceptors (Lipinski definition) is 12. The van der Waals surface area contributed by atoms with Crippen molar-refractivity contribution >= 4 is 54.0 Å². The van der Waals surface area contributed by atoms with Gasteiger partial charge < -0.3 is 40.3 Å². The number of carbonyl (C=O) groups excluding carboxylic acids is 2. The van der Waals surface area contributed by atoms with Gasteiger partial charge in [0.2, 0.25) is 11.8 Å². The van der Waals surface area contributed by atoms with Gasteiger partial charge in [-0.3, -0.25) is 48.4 Å². The zero-order valence-electron chi connectivity index (χ0n) is 30.6. The first kappa shape index (κ1) is 45.0. The molecular weight excluding hydrogens is 695 g/mol. The Bertz CT molecular complexity index is 1320. The molecule has 1 saturated heterocycles. The molecule has 1 heterocycles. The Labute approximate surface area is 310 Å². The third kappa shape index (κ3) is 19.0. The maximum absolute atomic E-state index is 13.3. The highest BCUT2D eigenvalue weighted by atomic mass is 16.4. The van der Waals surface area contributed by atoms with Crippen LogP contribution >= 0.6 is 0 Å². The Hall–Kier alpha value is -4.14. The summed E-state index contributed by atoms with van der Waals surface area (Å²) in [4.78, 5) is 81.9. The quantitative estimate of drug-likeness (QED) is 0.0615. The van der Waals surface area contributed by atoms with Crippen molar-refractivity contribution in [2.24, 2.45) is 0 Å². The van der Waals surface area contributed by atoms with Crippen LogP contribution in [0.5, 0.6) is 0 Å². The zero-order chi connectivity index (χ0) is 39.3. The fourth-order valence-electron chi connectivity index (χ4n) is 5.96. The van der Waals surface area contributed by atoms with Crippen molar-refractivity contribution in [1.82, 2.24) is 24.5 Å². The highest BCUT2D eigenvalue weighted by molar-refractivity contribution is 6.58. The van der Waals surface area contributed by atoms with Gasteiger partial charge >= 0.3 is 31.0 Å². The molecule has 0 atom stereocenters. The van der Waals surface area contributed by atoms with E-state index in [0.29, 0.717) is 77.1 Å². The smallest absolute Gasteiger partial charge is 0.481 e. The highest BCUT2D eigenvalue weighted by Gasteiger charge is 2.23. The minimum Gasteiger partial charge on any atom is -0.481 e. The summed E-state index contributed by atoms with van der Waals surface area (Å²) in [6.45, 7) is 2.42. The Morgan fingerprint density at radius 2 is 1.04 bits per heavy atom. The van der Waals surface area contributed by atoms with E-state index in [9.17, 15) is 54.1 Å². The number of carboxylic acid groups (broad SMARTS) is 4. The molecule has 19 heteroatoms. The third-order valence-corrected chi connectivity index (χ3v) is 8.98. The molecule has 2 amide bonds.